The van der Waals surface area contributed by atoms with Crippen LogP contribution in [0.5, 0.6) is 0 Å². The molecular formula is C13H17F4N3O2. The quantitative estimate of drug-likeness (QED) is 0.864. The largest absolute Gasteiger partial charge is 0.443 e. The van der Waals surface area contributed by atoms with E-state index < -0.39 is 24.5 Å². The van der Waals surface area contributed by atoms with Gasteiger partial charge in [-0.05, 0) is 6.92 Å². The summed E-state index contributed by atoms with van der Waals surface area (Å²) in [6.07, 6.45) is -1.61. The molecule has 1 aliphatic carbocycles. The fourth-order valence-electron chi connectivity index (χ4n) is 2.39. The molecule has 124 valence electrons. The molecule has 0 radical (unpaired) electrons. The number of amides is 1. The predicted molar refractivity (Wildman–Crippen MR) is 70.5 cm³/mol. The number of ether oxygens (including phenoxy) is 1. The molecule has 1 heterocycles. The molecule has 0 bridgehead atoms. The second kappa shape index (κ2) is 5.44. The SMILES string of the molecule is Cc1c(C2CC(F)(F)C2)nn(C)c1NC(=O)OCC(C)(F)F. The van der Waals surface area contributed by atoms with Crippen LogP contribution in [0.15, 0.2) is 0 Å². The summed E-state index contributed by atoms with van der Waals surface area (Å²) in [5.74, 6) is -5.92. The zero-order chi connectivity index (χ0) is 16.7. The van der Waals surface area contributed by atoms with Gasteiger partial charge in [0.2, 0.25) is 5.92 Å². The van der Waals surface area contributed by atoms with Crippen LogP contribution in [0.25, 0.3) is 0 Å². The van der Waals surface area contributed by atoms with E-state index >= 15 is 0 Å². The molecule has 5 nitrogen and oxygen atoms in total. The molecule has 1 fully saturated rings. The van der Waals surface area contributed by atoms with Gasteiger partial charge in [0.25, 0.3) is 5.92 Å². The number of nitrogens with one attached hydrogen (secondary N) is 1. The summed E-state index contributed by atoms with van der Waals surface area (Å²) in [6, 6.07) is 0. The maximum Gasteiger partial charge on any atom is 0.413 e. The van der Waals surface area contributed by atoms with Gasteiger partial charge in [-0.15, -0.1) is 0 Å². The lowest BCUT2D eigenvalue weighted by Crippen LogP contribution is -2.34. The molecule has 1 N–H and O–H groups in total. The van der Waals surface area contributed by atoms with E-state index in [0.717, 1.165) is 0 Å². The zero-order valence-corrected chi connectivity index (χ0v) is 12.4. The molecule has 2 rings (SSSR count). The predicted octanol–water partition coefficient (Wildman–Crippen LogP) is 3.44. The molecule has 1 saturated carbocycles. The summed E-state index contributed by atoms with van der Waals surface area (Å²) in [7, 11) is 1.53. The van der Waals surface area contributed by atoms with E-state index in [1.165, 1.54) is 11.7 Å². The van der Waals surface area contributed by atoms with Gasteiger partial charge in [-0.2, -0.15) is 5.10 Å². The number of nitrogens with zero attached hydrogens (tertiary/aromatic N) is 2. The van der Waals surface area contributed by atoms with Crippen molar-refractivity contribution in [3.05, 3.63) is 11.3 Å². The van der Waals surface area contributed by atoms with Crippen LogP contribution in [-0.4, -0.2) is 34.3 Å². The van der Waals surface area contributed by atoms with Gasteiger partial charge in [0.05, 0.1) is 5.69 Å². The van der Waals surface area contributed by atoms with Crippen LogP contribution < -0.4 is 5.32 Å². The highest BCUT2D eigenvalue weighted by Gasteiger charge is 2.47. The summed E-state index contributed by atoms with van der Waals surface area (Å²) in [5, 5.41) is 6.44. The van der Waals surface area contributed by atoms with Crippen LogP contribution in [0, 0.1) is 6.92 Å². The van der Waals surface area contributed by atoms with Gasteiger partial charge in [0.1, 0.15) is 5.82 Å². The molecule has 0 atom stereocenters. The third kappa shape index (κ3) is 3.69. The fraction of sp³-hybridized carbons (Fsp3) is 0.692. The van der Waals surface area contributed by atoms with Crippen molar-refractivity contribution in [1.29, 1.82) is 0 Å². The number of carbonyl (C=O) groups is 1. The molecule has 0 saturated heterocycles. The zero-order valence-electron chi connectivity index (χ0n) is 12.4. The highest BCUT2D eigenvalue weighted by atomic mass is 19.3. The Morgan fingerprint density at radius 3 is 2.59 bits per heavy atom. The fourth-order valence-corrected chi connectivity index (χ4v) is 2.39. The van der Waals surface area contributed by atoms with E-state index in [1.807, 2.05) is 0 Å². The van der Waals surface area contributed by atoms with Gasteiger partial charge in [0, 0.05) is 38.3 Å². The Morgan fingerprint density at radius 2 is 2.09 bits per heavy atom. The van der Waals surface area contributed by atoms with Crippen LogP contribution in [-0.2, 0) is 11.8 Å². The van der Waals surface area contributed by atoms with Crippen molar-refractivity contribution < 1.29 is 27.1 Å². The van der Waals surface area contributed by atoms with E-state index in [4.69, 9.17) is 0 Å². The van der Waals surface area contributed by atoms with Gasteiger partial charge >= 0.3 is 6.09 Å². The van der Waals surface area contributed by atoms with Gasteiger partial charge < -0.3 is 4.74 Å². The standard InChI is InChI=1S/C13H17F4N3O2/c1-7-9(8-4-13(16,17)5-8)19-20(3)10(7)18-11(21)22-6-12(2,14)15/h8H,4-6H2,1-3H3,(H,18,21). The van der Waals surface area contributed by atoms with Crippen molar-refractivity contribution in [2.75, 3.05) is 11.9 Å². The first-order chi connectivity index (χ1) is 9.98. The van der Waals surface area contributed by atoms with E-state index in [2.05, 4.69) is 15.2 Å². The lowest BCUT2D eigenvalue weighted by molar-refractivity contribution is -0.0877. The number of aromatic nitrogens is 2. The summed E-state index contributed by atoms with van der Waals surface area (Å²) >= 11 is 0. The molecule has 1 aromatic heterocycles. The number of rotatable bonds is 4. The number of carbonyl (C=O) groups excluding carboxylic acids is 1. The van der Waals surface area contributed by atoms with Crippen molar-refractivity contribution in [2.45, 2.75) is 44.5 Å². The Balaban J connectivity index is 2.03. The highest BCUT2D eigenvalue weighted by molar-refractivity contribution is 5.84. The first kappa shape index (κ1) is 16.6. The van der Waals surface area contributed by atoms with Crippen molar-refractivity contribution in [3.8, 4) is 0 Å². The minimum Gasteiger partial charge on any atom is -0.443 e. The minimum absolute atomic E-state index is 0.245. The van der Waals surface area contributed by atoms with Crippen molar-refractivity contribution in [2.24, 2.45) is 7.05 Å². The lowest BCUT2D eigenvalue weighted by Gasteiger charge is -2.34. The second-order valence-electron chi connectivity index (χ2n) is 5.71. The molecule has 0 aliphatic heterocycles. The van der Waals surface area contributed by atoms with Gasteiger partial charge in [0.15, 0.2) is 6.61 Å². The first-order valence-electron chi connectivity index (χ1n) is 6.71. The lowest BCUT2D eigenvalue weighted by atomic mass is 9.78. The molecular weight excluding hydrogens is 306 g/mol. The first-order valence-corrected chi connectivity index (χ1v) is 6.71. The number of anilines is 1. The molecule has 1 aliphatic rings. The van der Waals surface area contributed by atoms with Crippen molar-refractivity contribution in [3.63, 3.8) is 0 Å². The number of halogens is 4. The van der Waals surface area contributed by atoms with Crippen LogP contribution in [0.2, 0.25) is 0 Å². The summed E-state index contributed by atoms with van der Waals surface area (Å²) in [6.45, 7) is 1.21. The molecule has 0 spiro atoms. The average molecular weight is 323 g/mol. The summed E-state index contributed by atoms with van der Waals surface area (Å²) < 4.78 is 56.8. The molecule has 9 heteroatoms. The monoisotopic (exact) mass is 323 g/mol. The Labute approximate surface area is 124 Å². The van der Waals surface area contributed by atoms with E-state index in [1.54, 1.807) is 6.92 Å². The average Bonchev–Trinajstić information content (AvgIpc) is 2.60. The number of hydrogen-bond acceptors (Lipinski definition) is 3. The molecule has 0 unspecified atom stereocenters. The maximum atomic E-state index is 12.9. The highest BCUT2D eigenvalue weighted by Crippen LogP contribution is 2.49. The molecule has 22 heavy (non-hydrogen) atoms. The minimum atomic E-state index is -3.12. The van der Waals surface area contributed by atoms with E-state index in [0.29, 0.717) is 18.2 Å². The molecule has 1 aromatic rings. The van der Waals surface area contributed by atoms with E-state index in [9.17, 15) is 22.4 Å². The Kier molecular flexibility index (Phi) is 4.09. The smallest absolute Gasteiger partial charge is 0.413 e. The maximum absolute atomic E-state index is 12.9. The van der Waals surface area contributed by atoms with Crippen molar-refractivity contribution >= 4 is 11.9 Å². The number of hydrogen-bond donors (Lipinski definition) is 1. The normalized spacial score (nSPS) is 18.0. The molecule has 0 aromatic carbocycles. The molecule has 1 amide bonds. The summed E-state index contributed by atoms with van der Waals surface area (Å²) in [4.78, 5) is 11.5. The second-order valence-corrected chi connectivity index (χ2v) is 5.71. The Bertz CT molecular complexity index is 573. The number of aryl methyl sites for hydroxylation is 1. The van der Waals surface area contributed by atoms with Gasteiger partial charge in [-0.25, -0.2) is 22.4 Å². The third-order valence-electron chi connectivity index (χ3n) is 3.47. The van der Waals surface area contributed by atoms with Crippen molar-refractivity contribution in [1.82, 2.24) is 9.78 Å². The van der Waals surface area contributed by atoms with E-state index in [-0.39, 0.29) is 24.6 Å². The van der Waals surface area contributed by atoms with Gasteiger partial charge in [-0.3, -0.25) is 10.00 Å². The topological polar surface area (TPSA) is 56.2 Å². The van der Waals surface area contributed by atoms with Crippen LogP contribution in [0.1, 0.15) is 36.9 Å². The summed E-state index contributed by atoms with van der Waals surface area (Å²) in [5.41, 5.74) is 1.01. The van der Waals surface area contributed by atoms with Crippen LogP contribution in [0.3, 0.4) is 0 Å². The number of alkyl halides is 4. The Morgan fingerprint density at radius 1 is 1.50 bits per heavy atom. The van der Waals surface area contributed by atoms with Gasteiger partial charge in [-0.1, -0.05) is 0 Å². The van der Waals surface area contributed by atoms with Crippen LogP contribution in [0.4, 0.5) is 28.2 Å². The third-order valence-corrected chi connectivity index (χ3v) is 3.47. The Hall–Kier alpha value is -1.80. The van der Waals surface area contributed by atoms with Crippen LogP contribution >= 0.6 is 0 Å².